The SMILES string of the molecule is CC(C)n1ccc(CC(=O)N2CCC[C@@H]2C(N)=O)n1. The van der Waals surface area contributed by atoms with Crippen LogP contribution < -0.4 is 5.73 Å². The Bertz CT molecular complexity index is 481. The van der Waals surface area contributed by atoms with E-state index in [4.69, 9.17) is 5.73 Å². The number of likely N-dealkylation sites (tertiary alicyclic amines) is 1. The number of nitrogens with zero attached hydrogens (tertiary/aromatic N) is 3. The Morgan fingerprint density at radius 3 is 2.84 bits per heavy atom. The van der Waals surface area contributed by atoms with Crippen molar-refractivity contribution in [1.29, 1.82) is 0 Å². The summed E-state index contributed by atoms with van der Waals surface area (Å²) in [4.78, 5) is 25.0. The van der Waals surface area contributed by atoms with Crippen LogP contribution in [0.5, 0.6) is 0 Å². The number of rotatable bonds is 4. The van der Waals surface area contributed by atoms with Gasteiger partial charge in [0.05, 0.1) is 12.1 Å². The monoisotopic (exact) mass is 264 g/mol. The van der Waals surface area contributed by atoms with Crippen LogP contribution in [0, 0.1) is 0 Å². The predicted molar refractivity (Wildman–Crippen MR) is 70.2 cm³/mol. The molecule has 1 aromatic rings. The summed E-state index contributed by atoms with van der Waals surface area (Å²) in [5.74, 6) is -0.492. The van der Waals surface area contributed by atoms with Crippen LogP contribution >= 0.6 is 0 Å². The van der Waals surface area contributed by atoms with Crippen LogP contribution in [0.15, 0.2) is 12.3 Å². The molecule has 2 N–H and O–H groups in total. The molecular formula is C13H20N4O2. The minimum atomic E-state index is -0.445. The normalized spacial score (nSPS) is 19.1. The lowest BCUT2D eigenvalue weighted by atomic mass is 10.2. The number of hydrogen-bond acceptors (Lipinski definition) is 3. The van der Waals surface area contributed by atoms with Gasteiger partial charge in [-0.2, -0.15) is 5.10 Å². The van der Waals surface area contributed by atoms with Crippen molar-refractivity contribution < 1.29 is 9.59 Å². The molecule has 2 amide bonds. The molecule has 6 nitrogen and oxygen atoms in total. The van der Waals surface area contributed by atoms with E-state index in [-0.39, 0.29) is 18.4 Å². The molecule has 1 saturated heterocycles. The second-order valence-corrected chi connectivity index (χ2v) is 5.21. The van der Waals surface area contributed by atoms with Crippen molar-refractivity contribution in [3.05, 3.63) is 18.0 Å². The molecule has 1 fully saturated rings. The van der Waals surface area contributed by atoms with Crippen LogP contribution in [-0.2, 0) is 16.0 Å². The minimum Gasteiger partial charge on any atom is -0.368 e. The van der Waals surface area contributed by atoms with Gasteiger partial charge in [0.2, 0.25) is 11.8 Å². The Labute approximate surface area is 112 Å². The first kappa shape index (κ1) is 13.6. The average Bonchev–Trinajstić information content (AvgIpc) is 2.96. The van der Waals surface area contributed by atoms with Gasteiger partial charge in [-0.15, -0.1) is 0 Å². The van der Waals surface area contributed by atoms with E-state index in [0.29, 0.717) is 13.0 Å². The molecule has 1 aliphatic rings. The fraction of sp³-hybridized carbons (Fsp3) is 0.615. The van der Waals surface area contributed by atoms with Gasteiger partial charge in [-0.1, -0.05) is 0 Å². The van der Waals surface area contributed by atoms with Gasteiger partial charge < -0.3 is 10.6 Å². The van der Waals surface area contributed by atoms with Crippen molar-refractivity contribution in [2.75, 3.05) is 6.54 Å². The van der Waals surface area contributed by atoms with E-state index in [2.05, 4.69) is 5.10 Å². The number of carbonyl (C=O) groups is 2. The topological polar surface area (TPSA) is 81.2 Å². The van der Waals surface area contributed by atoms with Crippen LogP contribution in [-0.4, -0.2) is 39.1 Å². The van der Waals surface area contributed by atoms with Crippen LogP contribution in [0.2, 0.25) is 0 Å². The zero-order valence-corrected chi connectivity index (χ0v) is 11.4. The van der Waals surface area contributed by atoms with E-state index >= 15 is 0 Å². The maximum absolute atomic E-state index is 12.2. The minimum absolute atomic E-state index is 0.0738. The van der Waals surface area contributed by atoms with E-state index in [9.17, 15) is 9.59 Å². The molecule has 2 heterocycles. The highest BCUT2D eigenvalue weighted by molar-refractivity contribution is 5.87. The van der Waals surface area contributed by atoms with E-state index in [0.717, 1.165) is 12.1 Å². The van der Waals surface area contributed by atoms with Gasteiger partial charge in [-0.3, -0.25) is 14.3 Å². The number of carbonyl (C=O) groups excluding carboxylic acids is 2. The van der Waals surface area contributed by atoms with Crippen molar-refractivity contribution in [2.45, 2.75) is 45.2 Å². The maximum atomic E-state index is 12.2. The van der Waals surface area contributed by atoms with Crippen molar-refractivity contribution in [3.63, 3.8) is 0 Å². The third-order valence-electron chi connectivity index (χ3n) is 3.43. The standard InChI is InChI=1S/C13H20N4O2/c1-9(2)17-7-5-10(15-17)8-12(18)16-6-3-4-11(16)13(14)19/h5,7,9,11H,3-4,6,8H2,1-2H3,(H2,14,19)/t11-/m1/s1. The Balaban J connectivity index is 2.02. The summed E-state index contributed by atoms with van der Waals surface area (Å²) in [6, 6.07) is 1.67. The highest BCUT2D eigenvalue weighted by atomic mass is 16.2. The van der Waals surface area contributed by atoms with Crippen LogP contribution in [0.3, 0.4) is 0 Å². The summed E-state index contributed by atoms with van der Waals surface area (Å²) in [5, 5.41) is 4.34. The van der Waals surface area contributed by atoms with Crippen molar-refractivity contribution >= 4 is 11.8 Å². The molecule has 1 aliphatic heterocycles. The smallest absolute Gasteiger partial charge is 0.240 e. The molecule has 0 aliphatic carbocycles. The summed E-state index contributed by atoms with van der Waals surface area (Å²) in [7, 11) is 0. The van der Waals surface area contributed by atoms with Gasteiger partial charge in [-0.05, 0) is 32.8 Å². The Morgan fingerprint density at radius 1 is 1.53 bits per heavy atom. The lowest BCUT2D eigenvalue weighted by molar-refractivity contribution is -0.136. The third-order valence-corrected chi connectivity index (χ3v) is 3.43. The lowest BCUT2D eigenvalue weighted by Gasteiger charge is -2.21. The van der Waals surface area contributed by atoms with Crippen LogP contribution in [0.4, 0.5) is 0 Å². The highest BCUT2D eigenvalue weighted by Gasteiger charge is 2.32. The van der Waals surface area contributed by atoms with E-state index < -0.39 is 11.9 Å². The summed E-state index contributed by atoms with van der Waals surface area (Å²) in [6.07, 6.45) is 3.59. The fourth-order valence-corrected chi connectivity index (χ4v) is 2.38. The van der Waals surface area contributed by atoms with Crippen molar-refractivity contribution in [3.8, 4) is 0 Å². The van der Waals surface area contributed by atoms with Gasteiger partial charge in [0, 0.05) is 18.8 Å². The second-order valence-electron chi connectivity index (χ2n) is 5.21. The Kier molecular flexibility index (Phi) is 3.87. The number of primary amides is 1. The average molecular weight is 264 g/mol. The fourth-order valence-electron chi connectivity index (χ4n) is 2.38. The molecule has 19 heavy (non-hydrogen) atoms. The van der Waals surface area contributed by atoms with Gasteiger partial charge >= 0.3 is 0 Å². The molecule has 0 spiro atoms. The van der Waals surface area contributed by atoms with Crippen LogP contribution in [0.1, 0.15) is 38.4 Å². The highest BCUT2D eigenvalue weighted by Crippen LogP contribution is 2.18. The van der Waals surface area contributed by atoms with Crippen molar-refractivity contribution in [1.82, 2.24) is 14.7 Å². The molecule has 104 valence electrons. The van der Waals surface area contributed by atoms with E-state index in [1.54, 1.807) is 4.90 Å². The van der Waals surface area contributed by atoms with Gasteiger partial charge in [0.25, 0.3) is 0 Å². The zero-order chi connectivity index (χ0) is 14.0. The van der Waals surface area contributed by atoms with Crippen LogP contribution in [0.25, 0.3) is 0 Å². The molecule has 0 saturated carbocycles. The molecule has 0 bridgehead atoms. The Morgan fingerprint density at radius 2 is 2.26 bits per heavy atom. The third kappa shape index (κ3) is 2.94. The number of amides is 2. The first-order chi connectivity index (χ1) is 8.99. The van der Waals surface area contributed by atoms with Gasteiger partial charge in [0.15, 0.2) is 0 Å². The first-order valence-electron chi connectivity index (χ1n) is 6.62. The quantitative estimate of drug-likeness (QED) is 0.859. The molecule has 0 aromatic carbocycles. The van der Waals surface area contributed by atoms with Gasteiger partial charge in [0.1, 0.15) is 6.04 Å². The van der Waals surface area contributed by atoms with Crippen molar-refractivity contribution in [2.24, 2.45) is 5.73 Å². The summed E-state index contributed by atoms with van der Waals surface area (Å²) >= 11 is 0. The second kappa shape index (κ2) is 5.42. The molecule has 0 radical (unpaired) electrons. The molecule has 6 heteroatoms. The predicted octanol–water partition coefficient (Wildman–Crippen LogP) is 0.483. The molecule has 1 atom stereocenters. The van der Waals surface area contributed by atoms with E-state index in [1.165, 1.54) is 0 Å². The first-order valence-corrected chi connectivity index (χ1v) is 6.62. The molecule has 0 unspecified atom stereocenters. The largest absolute Gasteiger partial charge is 0.368 e. The number of hydrogen-bond donors (Lipinski definition) is 1. The number of nitrogens with two attached hydrogens (primary N) is 1. The summed E-state index contributed by atoms with van der Waals surface area (Å²) < 4.78 is 1.82. The molecular weight excluding hydrogens is 244 g/mol. The number of aromatic nitrogens is 2. The summed E-state index contributed by atoms with van der Waals surface area (Å²) in [5.41, 5.74) is 6.04. The maximum Gasteiger partial charge on any atom is 0.240 e. The Hall–Kier alpha value is -1.85. The lowest BCUT2D eigenvalue weighted by Crippen LogP contribution is -2.44. The zero-order valence-electron chi connectivity index (χ0n) is 11.4. The molecule has 1 aromatic heterocycles. The van der Waals surface area contributed by atoms with E-state index in [1.807, 2.05) is 30.8 Å². The molecule has 2 rings (SSSR count). The van der Waals surface area contributed by atoms with Gasteiger partial charge in [-0.25, -0.2) is 0 Å². The summed E-state index contributed by atoms with van der Waals surface area (Å²) in [6.45, 7) is 4.67.